The molecular weight excluding hydrogens is 390 g/mol. The van der Waals surface area contributed by atoms with Crippen molar-refractivity contribution in [2.75, 3.05) is 18.2 Å². The van der Waals surface area contributed by atoms with Gasteiger partial charge in [0.05, 0.1) is 6.42 Å². The molecule has 3 rings (SSSR count). The number of hydrogen-bond donors (Lipinski definition) is 0. The van der Waals surface area contributed by atoms with Gasteiger partial charge in [0.1, 0.15) is 0 Å². The van der Waals surface area contributed by atoms with Gasteiger partial charge in [0.2, 0.25) is 5.16 Å². The molecule has 1 atom stereocenters. The van der Waals surface area contributed by atoms with Gasteiger partial charge in [-0.05, 0) is 39.2 Å². The average molecular weight is 414 g/mol. The lowest BCUT2D eigenvalue weighted by atomic mass is 10.1. The van der Waals surface area contributed by atoms with E-state index in [-0.39, 0.29) is 12.3 Å². The van der Waals surface area contributed by atoms with Crippen molar-refractivity contribution in [1.29, 1.82) is 0 Å². The predicted octanol–water partition coefficient (Wildman–Crippen LogP) is 2.60. The van der Waals surface area contributed by atoms with Gasteiger partial charge in [-0.25, -0.2) is 9.50 Å². The van der Waals surface area contributed by atoms with E-state index in [2.05, 4.69) is 15.1 Å². The van der Waals surface area contributed by atoms with Crippen molar-refractivity contribution in [3.63, 3.8) is 0 Å². The molecule has 0 aliphatic heterocycles. The Kier molecular flexibility index (Phi) is 6.17. The zero-order chi connectivity index (χ0) is 21.1. The maximum atomic E-state index is 12.6. The summed E-state index contributed by atoms with van der Waals surface area (Å²) < 4.78 is 7.02. The fraction of sp³-hybridized carbons (Fsp3) is 0.350. The van der Waals surface area contributed by atoms with E-state index >= 15 is 0 Å². The monoisotopic (exact) mass is 413 g/mol. The molecule has 9 heteroatoms. The molecule has 0 radical (unpaired) electrons. The van der Waals surface area contributed by atoms with Crippen LogP contribution >= 0.6 is 11.8 Å². The van der Waals surface area contributed by atoms with E-state index in [0.29, 0.717) is 16.6 Å². The molecule has 1 amide bonds. The first-order valence-corrected chi connectivity index (χ1v) is 10.3. The summed E-state index contributed by atoms with van der Waals surface area (Å²) >= 11 is 1.42. The highest BCUT2D eigenvalue weighted by atomic mass is 32.2. The highest BCUT2D eigenvalue weighted by molar-refractivity contribution is 7.98. The number of ether oxygens (including phenoxy) is 1. The van der Waals surface area contributed by atoms with Crippen molar-refractivity contribution in [3.8, 4) is 0 Å². The highest BCUT2D eigenvalue weighted by Crippen LogP contribution is 2.18. The minimum absolute atomic E-state index is 0.00173. The van der Waals surface area contributed by atoms with Crippen molar-refractivity contribution in [2.45, 2.75) is 38.5 Å². The molecule has 0 fully saturated rings. The van der Waals surface area contributed by atoms with Crippen LogP contribution in [0.15, 0.2) is 35.5 Å². The Morgan fingerprint density at radius 2 is 1.90 bits per heavy atom. The number of amides is 1. The third-order valence-electron chi connectivity index (χ3n) is 4.66. The van der Waals surface area contributed by atoms with Gasteiger partial charge in [-0.3, -0.25) is 9.59 Å². The molecule has 0 bridgehead atoms. The average Bonchev–Trinajstić information content (AvgIpc) is 3.13. The third-order valence-corrected chi connectivity index (χ3v) is 5.20. The van der Waals surface area contributed by atoms with Gasteiger partial charge in [0.15, 0.2) is 6.10 Å². The number of fused-ring (bicyclic) bond motifs is 1. The molecule has 29 heavy (non-hydrogen) atoms. The molecule has 0 saturated carbocycles. The van der Waals surface area contributed by atoms with Crippen LogP contribution in [0.4, 0.5) is 5.69 Å². The van der Waals surface area contributed by atoms with Crippen LogP contribution in [0.1, 0.15) is 23.9 Å². The van der Waals surface area contributed by atoms with Crippen LogP contribution in [0.2, 0.25) is 0 Å². The lowest BCUT2D eigenvalue weighted by Crippen LogP contribution is -2.37. The van der Waals surface area contributed by atoms with E-state index in [1.165, 1.54) is 16.7 Å². The minimum Gasteiger partial charge on any atom is -0.452 e. The van der Waals surface area contributed by atoms with Gasteiger partial charge in [-0.15, -0.1) is 5.10 Å². The minimum atomic E-state index is -0.903. The fourth-order valence-electron chi connectivity index (χ4n) is 3.02. The number of carbonyl (C=O) groups is 2. The second-order valence-electron chi connectivity index (χ2n) is 6.61. The molecule has 0 unspecified atom stereocenters. The second kappa shape index (κ2) is 8.60. The van der Waals surface area contributed by atoms with Crippen molar-refractivity contribution in [1.82, 2.24) is 19.6 Å². The number of anilines is 1. The molecule has 0 spiro atoms. The molecule has 0 aliphatic rings. The van der Waals surface area contributed by atoms with Crippen molar-refractivity contribution >= 4 is 35.1 Å². The molecule has 8 nitrogen and oxygen atoms in total. The number of carbonyl (C=O) groups excluding carboxylic acids is 2. The highest BCUT2D eigenvalue weighted by Gasteiger charge is 2.24. The summed E-state index contributed by atoms with van der Waals surface area (Å²) in [6, 6.07) is 9.20. The number of likely N-dealkylation sites (N-methyl/N-ethyl adjacent to an activating group) is 1. The first kappa shape index (κ1) is 20.8. The summed E-state index contributed by atoms with van der Waals surface area (Å²) in [5.74, 6) is -0.299. The Morgan fingerprint density at radius 1 is 1.21 bits per heavy atom. The number of aromatic nitrogens is 4. The number of aryl methyl sites for hydroxylation is 2. The smallest absolute Gasteiger partial charge is 0.311 e. The zero-order valence-electron chi connectivity index (χ0n) is 17.0. The first-order chi connectivity index (χ1) is 13.8. The van der Waals surface area contributed by atoms with Crippen molar-refractivity contribution < 1.29 is 14.3 Å². The summed E-state index contributed by atoms with van der Waals surface area (Å²) in [6.45, 7) is 5.25. The molecule has 0 N–H and O–H groups in total. The Morgan fingerprint density at radius 3 is 2.55 bits per heavy atom. The van der Waals surface area contributed by atoms with Crippen LogP contribution in [0.3, 0.4) is 0 Å². The standard InChI is InChI=1S/C20H23N5O3S/c1-12-16(13(2)25-19(21-12)22-20(23-25)29-5)11-17(26)28-14(3)18(27)24(4)15-9-7-6-8-10-15/h6-10,14H,11H2,1-5H3/t14-/m1/s1. The number of thioether (sulfide) groups is 1. The summed E-state index contributed by atoms with van der Waals surface area (Å²) in [7, 11) is 1.65. The molecule has 152 valence electrons. The maximum Gasteiger partial charge on any atom is 0.311 e. The van der Waals surface area contributed by atoms with E-state index in [0.717, 1.165) is 16.9 Å². The Hall–Kier alpha value is -2.94. The lowest BCUT2D eigenvalue weighted by Gasteiger charge is -2.21. The molecule has 0 aliphatic carbocycles. The van der Waals surface area contributed by atoms with E-state index in [4.69, 9.17) is 4.74 Å². The van der Waals surface area contributed by atoms with Gasteiger partial charge in [-0.1, -0.05) is 30.0 Å². The van der Waals surface area contributed by atoms with Gasteiger partial charge in [0, 0.05) is 29.7 Å². The van der Waals surface area contributed by atoms with E-state index in [1.807, 2.05) is 50.4 Å². The number of nitrogens with zero attached hydrogens (tertiary/aromatic N) is 5. The number of benzene rings is 1. The van der Waals surface area contributed by atoms with Crippen molar-refractivity contribution in [2.24, 2.45) is 0 Å². The Labute approximate surface area is 173 Å². The normalized spacial score (nSPS) is 12.0. The number of hydrogen-bond acceptors (Lipinski definition) is 7. The largest absolute Gasteiger partial charge is 0.452 e. The number of rotatable bonds is 6. The number of para-hydroxylation sites is 1. The summed E-state index contributed by atoms with van der Waals surface area (Å²) in [4.78, 5) is 35.3. The van der Waals surface area contributed by atoms with Crippen LogP contribution < -0.4 is 4.90 Å². The quantitative estimate of drug-likeness (QED) is 0.453. The molecule has 1 aromatic carbocycles. The van der Waals surface area contributed by atoms with Crippen LogP contribution in [0.5, 0.6) is 0 Å². The Balaban J connectivity index is 1.72. The molecular formula is C20H23N5O3S. The lowest BCUT2D eigenvalue weighted by molar-refractivity contribution is -0.153. The zero-order valence-corrected chi connectivity index (χ0v) is 17.9. The van der Waals surface area contributed by atoms with Gasteiger partial charge in [-0.2, -0.15) is 4.98 Å². The topological polar surface area (TPSA) is 89.7 Å². The SMILES string of the molecule is CSc1nc2nc(C)c(CC(=O)O[C@H](C)C(=O)N(C)c3ccccc3)c(C)n2n1. The molecule has 3 aromatic rings. The first-order valence-electron chi connectivity index (χ1n) is 9.10. The van der Waals surface area contributed by atoms with E-state index < -0.39 is 12.1 Å². The van der Waals surface area contributed by atoms with E-state index in [1.54, 1.807) is 18.5 Å². The van der Waals surface area contributed by atoms with Crippen LogP contribution in [-0.4, -0.2) is 50.9 Å². The van der Waals surface area contributed by atoms with Crippen molar-refractivity contribution in [3.05, 3.63) is 47.3 Å². The third kappa shape index (κ3) is 4.40. The molecule has 0 saturated heterocycles. The summed E-state index contributed by atoms with van der Waals surface area (Å²) in [5.41, 5.74) is 2.92. The molecule has 2 aromatic heterocycles. The Bertz CT molecular complexity index is 1050. The fourth-order valence-corrected chi connectivity index (χ4v) is 3.35. The summed E-state index contributed by atoms with van der Waals surface area (Å²) in [5, 5.41) is 4.99. The van der Waals surface area contributed by atoms with Crippen LogP contribution in [0.25, 0.3) is 5.78 Å². The number of esters is 1. The predicted molar refractivity (Wildman–Crippen MR) is 111 cm³/mol. The van der Waals surface area contributed by atoms with E-state index in [9.17, 15) is 9.59 Å². The second-order valence-corrected chi connectivity index (χ2v) is 7.39. The summed E-state index contributed by atoms with van der Waals surface area (Å²) in [6.07, 6.45) is 0.987. The van der Waals surface area contributed by atoms with Gasteiger partial charge in [0.25, 0.3) is 11.7 Å². The maximum absolute atomic E-state index is 12.6. The molecule has 2 heterocycles. The van der Waals surface area contributed by atoms with Crippen LogP contribution in [0, 0.1) is 13.8 Å². The van der Waals surface area contributed by atoms with Gasteiger partial charge >= 0.3 is 5.97 Å². The van der Waals surface area contributed by atoms with Crippen LogP contribution in [-0.2, 0) is 20.7 Å². The van der Waals surface area contributed by atoms with Gasteiger partial charge < -0.3 is 9.64 Å².